The molecule has 0 saturated carbocycles. The molecule has 2 N–H and O–H groups in total. The lowest BCUT2D eigenvalue weighted by molar-refractivity contribution is -0.136. The fourth-order valence-electron chi connectivity index (χ4n) is 3.00. The summed E-state index contributed by atoms with van der Waals surface area (Å²) in [6, 6.07) is 0.516. The zero-order valence-electron chi connectivity index (χ0n) is 11.2. The van der Waals surface area contributed by atoms with Crippen molar-refractivity contribution in [3.63, 3.8) is 0 Å². The molecule has 2 unspecified atom stereocenters. The van der Waals surface area contributed by atoms with Crippen LogP contribution in [0.4, 0.5) is 0 Å². The van der Waals surface area contributed by atoms with Gasteiger partial charge in [0.05, 0.1) is 0 Å². The molecule has 7 heteroatoms. The van der Waals surface area contributed by atoms with E-state index in [0.29, 0.717) is 25.0 Å². The summed E-state index contributed by atoms with van der Waals surface area (Å²) in [5, 5.41) is 11.0. The summed E-state index contributed by atoms with van der Waals surface area (Å²) >= 11 is 0. The topological polar surface area (TPSA) is 86.7 Å². The molecule has 2 fully saturated rings. The van der Waals surface area contributed by atoms with Crippen LogP contribution in [0.2, 0.25) is 0 Å². The molecule has 2 aliphatic heterocycles. The number of carboxylic acids is 1. The molecule has 0 amide bonds. The Kier molecular flexibility index (Phi) is 4.47. The zero-order chi connectivity index (χ0) is 14.0. The molecular formula is C12H22N2O4S. The monoisotopic (exact) mass is 290 g/mol. The molecule has 2 atom stereocenters. The minimum absolute atomic E-state index is 0.447. The Labute approximate surface area is 114 Å². The number of rotatable bonds is 4. The van der Waals surface area contributed by atoms with Crippen molar-refractivity contribution in [2.75, 3.05) is 19.6 Å². The number of hydrogen-bond acceptors (Lipinski definition) is 4. The lowest BCUT2D eigenvalue weighted by Crippen LogP contribution is -2.47. The van der Waals surface area contributed by atoms with E-state index >= 15 is 0 Å². The molecule has 0 spiro atoms. The minimum atomic E-state index is -3.69. The Morgan fingerprint density at radius 3 is 2.42 bits per heavy atom. The lowest BCUT2D eigenvalue weighted by Gasteiger charge is -2.34. The number of nitrogens with one attached hydrogen (secondary N) is 1. The number of aliphatic carboxylic acids is 1. The molecule has 2 aliphatic rings. The van der Waals surface area contributed by atoms with Gasteiger partial charge in [-0.15, -0.1) is 0 Å². The third-order valence-electron chi connectivity index (χ3n) is 4.32. The SMILES string of the molecule is CC(C(=O)O)S(=O)(=O)N1CCC(C2CCCN2)CC1. The summed E-state index contributed by atoms with van der Waals surface area (Å²) in [4.78, 5) is 10.8. The first-order valence-corrected chi connectivity index (χ1v) is 8.38. The van der Waals surface area contributed by atoms with E-state index < -0.39 is 21.2 Å². The van der Waals surface area contributed by atoms with Crippen LogP contribution in [0.5, 0.6) is 0 Å². The van der Waals surface area contributed by atoms with Crippen LogP contribution in [0.15, 0.2) is 0 Å². The van der Waals surface area contributed by atoms with Crippen LogP contribution < -0.4 is 5.32 Å². The standard InChI is InChI=1S/C12H22N2O4S/c1-9(12(15)16)19(17,18)14-7-4-10(5-8-14)11-3-2-6-13-11/h9-11,13H,2-8H2,1H3,(H,15,16). The molecule has 0 aromatic heterocycles. The molecule has 0 aromatic carbocycles. The summed E-state index contributed by atoms with van der Waals surface area (Å²) in [6.45, 7) is 3.19. The summed E-state index contributed by atoms with van der Waals surface area (Å²) < 4.78 is 25.5. The molecule has 6 nitrogen and oxygen atoms in total. The van der Waals surface area contributed by atoms with Gasteiger partial charge in [0.1, 0.15) is 0 Å². The van der Waals surface area contributed by atoms with E-state index in [1.807, 2.05) is 0 Å². The van der Waals surface area contributed by atoms with Gasteiger partial charge in [0.15, 0.2) is 5.25 Å². The molecule has 110 valence electrons. The first kappa shape index (κ1) is 14.7. The fourth-order valence-corrected chi connectivity index (χ4v) is 4.42. The number of carboxylic acid groups (broad SMARTS) is 1. The highest BCUT2D eigenvalue weighted by atomic mass is 32.2. The molecule has 0 aromatic rings. The van der Waals surface area contributed by atoms with Crippen molar-refractivity contribution < 1.29 is 18.3 Å². The Balaban J connectivity index is 1.94. The Morgan fingerprint density at radius 1 is 1.32 bits per heavy atom. The van der Waals surface area contributed by atoms with E-state index in [-0.39, 0.29) is 0 Å². The highest BCUT2D eigenvalue weighted by Crippen LogP contribution is 2.27. The van der Waals surface area contributed by atoms with Gasteiger partial charge in [0, 0.05) is 19.1 Å². The minimum Gasteiger partial charge on any atom is -0.480 e. The Hall–Kier alpha value is -0.660. The Morgan fingerprint density at radius 2 is 1.95 bits per heavy atom. The van der Waals surface area contributed by atoms with Crippen molar-refractivity contribution in [1.82, 2.24) is 9.62 Å². The van der Waals surface area contributed by atoms with E-state index in [0.717, 1.165) is 19.4 Å². The van der Waals surface area contributed by atoms with Crippen LogP contribution in [-0.4, -0.2) is 54.7 Å². The zero-order valence-corrected chi connectivity index (χ0v) is 12.0. The normalized spacial score (nSPS) is 28.4. The van der Waals surface area contributed by atoms with Crippen molar-refractivity contribution in [2.24, 2.45) is 5.92 Å². The molecule has 0 aliphatic carbocycles. The Bertz CT molecular complexity index is 423. The van der Waals surface area contributed by atoms with Crippen LogP contribution in [0.1, 0.15) is 32.6 Å². The highest BCUT2D eigenvalue weighted by molar-refractivity contribution is 7.90. The van der Waals surface area contributed by atoms with Gasteiger partial charge in [0.25, 0.3) is 0 Å². The van der Waals surface area contributed by atoms with Gasteiger partial charge in [0.2, 0.25) is 10.0 Å². The van der Waals surface area contributed by atoms with E-state index in [1.165, 1.54) is 24.1 Å². The van der Waals surface area contributed by atoms with E-state index in [9.17, 15) is 13.2 Å². The van der Waals surface area contributed by atoms with Gasteiger partial charge in [-0.25, -0.2) is 12.7 Å². The maximum absolute atomic E-state index is 12.1. The van der Waals surface area contributed by atoms with Crippen LogP contribution >= 0.6 is 0 Å². The number of carbonyl (C=O) groups is 1. The van der Waals surface area contributed by atoms with Crippen LogP contribution in [0.3, 0.4) is 0 Å². The van der Waals surface area contributed by atoms with Crippen molar-refractivity contribution in [1.29, 1.82) is 0 Å². The molecule has 2 saturated heterocycles. The maximum Gasteiger partial charge on any atom is 0.323 e. The first-order valence-electron chi connectivity index (χ1n) is 6.88. The summed E-state index contributed by atoms with van der Waals surface area (Å²) in [7, 11) is -3.69. The predicted molar refractivity (Wildman–Crippen MR) is 71.3 cm³/mol. The predicted octanol–water partition coefficient (Wildman–Crippen LogP) is 0.253. The van der Waals surface area contributed by atoms with Gasteiger partial charge >= 0.3 is 5.97 Å². The van der Waals surface area contributed by atoms with Gasteiger partial charge in [-0.05, 0) is 45.1 Å². The molecule has 2 heterocycles. The molecular weight excluding hydrogens is 268 g/mol. The molecule has 19 heavy (non-hydrogen) atoms. The second-order valence-corrected chi connectivity index (χ2v) is 7.72. The highest BCUT2D eigenvalue weighted by Gasteiger charge is 2.37. The number of hydrogen-bond donors (Lipinski definition) is 2. The van der Waals surface area contributed by atoms with Crippen LogP contribution in [0, 0.1) is 5.92 Å². The number of piperidine rings is 1. The van der Waals surface area contributed by atoms with Gasteiger partial charge in [-0.3, -0.25) is 4.79 Å². The van der Waals surface area contributed by atoms with Crippen molar-refractivity contribution in [3.8, 4) is 0 Å². The quantitative estimate of drug-likeness (QED) is 0.775. The third-order valence-corrected chi connectivity index (χ3v) is 6.50. The second kappa shape index (κ2) is 5.76. The van der Waals surface area contributed by atoms with E-state index in [4.69, 9.17) is 5.11 Å². The van der Waals surface area contributed by atoms with Gasteiger partial charge < -0.3 is 10.4 Å². The van der Waals surface area contributed by atoms with Crippen molar-refractivity contribution >= 4 is 16.0 Å². The number of nitrogens with zero attached hydrogens (tertiary/aromatic N) is 1. The van der Waals surface area contributed by atoms with Crippen LogP contribution in [0.25, 0.3) is 0 Å². The third kappa shape index (κ3) is 3.09. The second-order valence-electron chi connectivity index (χ2n) is 5.46. The molecule has 0 radical (unpaired) electrons. The van der Waals surface area contributed by atoms with Crippen molar-refractivity contribution in [2.45, 2.75) is 43.9 Å². The average Bonchev–Trinajstić information content (AvgIpc) is 2.91. The lowest BCUT2D eigenvalue weighted by atomic mass is 9.89. The van der Waals surface area contributed by atoms with E-state index in [2.05, 4.69) is 5.32 Å². The largest absolute Gasteiger partial charge is 0.480 e. The smallest absolute Gasteiger partial charge is 0.323 e. The van der Waals surface area contributed by atoms with Crippen LogP contribution in [-0.2, 0) is 14.8 Å². The number of sulfonamides is 1. The van der Waals surface area contributed by atoms with Gasteiger partial charge in [-0.1, -0.05) is 0 Å². The van der Waals surface area contributed by atoms with E-state index in [1.54, 1.807) is 0 Å². The maximum atomic E-state index is 12.1. The summed E-state index contributed by atoms with van der Waals surface area (Å²) in [5.74, 6) is -0.756. The molecule has 2 rings (SSSR count). The van der Waals surface area contributed by atoms with Gasteiger partial charge in [-0.2, -0.15) is 0 Å². The van der Waals surface area contributed by atoms with Crippen molar-refractivity contribution in [3.05, 3.63) is 0 Å². The fraction of sp³-hybridized carbons (Fsp3) is 0.917. The summed E-state index contributed by atoms with van der Waals surface area (Å²) in [5.41, 5.74) is 0. The average molecular weight is 290 g/mol. The first-order chi connectivity index (χ1) is 8.93. The summed E-state index contributed by atoms with van der Waals surface area (Å²) in [6.07, 6.45) is 4.01. The molecule has 0 bridgehead atoms.